The molecule has 2 aromatic carbocycles. The van der Waals surface area contributed by atoms with Crippen LogP contribution in [0.15, 0.2) is 60.0 Å². The van der Waals surface area contributed by atoms with Crippen LogP contribution < -0.4 is 10.1 Å². The number of carbonyl (C=O) groups excluding carboxylic acids is 1. The Bertz CT molecular complexity index is 956. The fourth-order valence-corrected chi connectivity index (χ4v) is 3.39. The maximum atomic E-state index is 11.4. The molecule has 1 heterocycles. The van der Waals surface area contributed by atoms with E-state index in [0.717, 1.165) is 22.4 Å². The predicted octanol–water partition coefficient (Wildman–Crippen LogP) is 5.27. The van der Waals surface area contributed by atoms with Crippen LogP contribution in [0.4, 0.5) is 4.79 Å². The number of carbonyl (C=O) groups is 1. The topological polar surface area (TPSA) is 77.0 Å². The van der Waals surface area contributed by atoms with Crippen molar-refractivity contribution in [2.75, 3.05) is 20.8 Å². The van der Waals surface area contributed by atoms with Crippen molar-refractivity contribution in [3.05, 3.63) is 76.7 Å². The van der Waals surface area contributed by atoms with Crippen molar-refractivity contribution >= 4 is 30.2 Å². The third kappa shape index (κ3) is 6.26. The summed E-state index contributed by atoms with van der Waals surface area (Å²) >= 11 is 0. The number of aliphatic hydroxyl groups is 1. The van der Waals surface area contributed by atoms with Crippen LogP contribution in [-0.4, -0.2) is 38.1 Å². The summed E-state index contributed by atoms with van der Waals surface area (Å²) in [5, 5.41) is 13.3. The zero-order valence-corrected chi connectivity index (χ0v) is 18.7. The van der Waals surface area contributed by atoms with Crippen molar-refractivity contribution in [3.8, 4) is 5.75 Å². The minimum absolute atomic E-state index is 0. The Labute approximate surface area is 188 Å². The van der Waals surface area contributed by atoms with Gasteiger partial charge in [-0.05, 0) is 42.2 Å². The number of ether oxygens (including phenoxy) is 3. The van der Waals surface area contributed by atoms with E-state index >= 15 is 0 Å². The molecule has 31 heavy (non-hydrogen) atoms. The van der Waals surface area contributed by atoms with Crippen molar-refractivity contribution in [1.82, 2.24) is 5.32 Å². The molecule has 0 radical (unpaired) electrons. The first-order valence-electron chi connectivity index (χ1n) is 9.83. The second-order valence-electron chi connectivity index (χ2n) is 7.11. The summed E-state index contributed by atoms with van der Waals surface area (Å²) in [5.74, 6) is 1.13. The Morgan fingerprint density at radius 1 is 1.16 bits per heavy atom. The van der Waals surface area contributed by atoms with Crippen LogP contribution in [0, 0.1) is 6.92 Å². The third-order valence-electron chi connectivity index (χ3n) is 5.01. The molecule has 6 nitrogen and oxygen atoms in total. The monoisotopic (exact) mass is 445 g/mol. The first-order valence-corrected chi connectivity index (χ1v) is 9.83. The maximum absolute atomic E-state index is 11.4. The molecule has 1 aliphatic heterocycles. The summed E-state index contributed by atoms with van der Waals surface area (Å²) in [5.41, 5.74) is 4.72. The van der Waals surface area contributed by atoms with E-state index in [-0.39, 0.29) is 30.0 Å². The highest BCUT2D eigenvalue weighted by Gasteiger charge is 2.30. The first-order chi connectivity index (χ1) is 14.5. The molecule has 0 aromatic heterocycles. The molecule has 0 spiro atoms. The summed E-state index contributed by atoms with van der Waals surface area (Å²) in [7, 11) is 2.87. The van der Waals surface area contributed by atoms with Crippen molar-refractivity contribution in [1.29, 1.82) is 0 Å². The largest absolute Gasteiger partial charge is 0.513 e. The van der Waals surface area contributed by atoms with E-state index in [1.165, 1.54) is 12.7 Å². The Kier molecular flexibility index (Phi) is 8.97. The van der Waals surface area contributed by atoms with E-state index in [1.54, 1.807) is 7.11 Å². The second kappa shape index (κ2) is 11.4. The number of hydrogen-bond donors (Lipinski definition) is 2. The average Bonchev–Trinajstić information content (AvgIpc) is 2.75. The molecule has 0 saturated heterocycles. The fraction of sp³-hybridized carbons (Fsp3) is 0.292. The minimum Gasteiger partial charge on any atom is -0.509 e. The van der Waals surface area contributed by atoms with Gasteiger partial charge in [-0.2, -0.15) is 0 Å². The number of aliphatic hydroxyl groups excluding tert-OH is 1. The van der Waals surface area contributed by atoms with Gasteiger partial charge in [0.15, 0.2) is 5.76 Å². The maximum Gasteiger partial charge on any atom is 0.513 e. The van der Waals surface area contributed by atoms with Gasteiger partial charge in [0, 0.05) is 13.0 Å². The molecule has 2 N–H and O–H groups in total. The van der Waals surface area contributed by atoms with E-state index in [9.17, 15) is 9.90 Å². The fourth-order valence-electron chi connectivity index (χ4n) is 3.39. The molecule has 1 unspecified atom stereocenters. The quantitative estimate of drug-likeness (QED) is 0.624. The smallest absolute Gasteiger partial charge is 0.509 e. The highest BCUT2D eigenvalue weighted by molar-refractivity contribution is 5.96. The number of nitrogens with one attached hydrogen (secondary N) is 1. The summed E-state index contributed by atoms with van der Waals surface area (Å²) in [6.07, 6.45) is 2.28. The molecule has 7 heteroatoms. The van der Waals surface area contributed by atoms with Crippen LogP contribution in [0.5, 0.6) is 5.75 Å². The molecule has 2 aromatic rings. The van der Waals surface area contributed by atoms with E-state index < -0.39 is 6.16 Å². The van der Waals surface area contributed by atoms with Crippen LogP contribution >= 0.6 is 12.4 Å². The Hall–Kier alpha value is -2.96. The van der Waals surface area contributed by atoms with Gasteiger partial charge in [-0.25, -0.2) is 4.79 Å². The van der Waals surface area contributed by atoms with Gasteiger partial charge in [-0.15, -0.1) is 12.4 Å². The van der Waals surface area contributed by atoms with Crippen molar-refractivity contribution in [2.24, 2.45) is 0 Å². The SMILES string of the molecule is COC(=O)OC1=C(O)CCNC1CC1=Cc2ccc(OC)cc21.Cc1ccccc1.Cl. The average molecular weight is 446 g/mol. The molecule has 166 valence electrons. The number of benzene rings is 2. The van der Waals surface area contributed by atoms with Crippen LogP contribution in [-0.2, 0) is 9.47 Å². The highest BCUT2D eigenvalue weighted by Crippen LogP contribution is 2.39. The lowest BCUT2D eigenvalue weighted by atomic mass is 9.83. The Balaban J connectivity index is 0.000000364. The lowest BCUT2D eigenvalue weighted by Crippen LogP contribution is -2.38. The van der Waals surface area contributed by atoms with E-state index in [0.29, 0.717) is 19.4 Å². The number of halogens is 1. The van der Waals surface area contributed by atoms with Gasteiger partial charge in [-0.3, -0.25) is 0 Å². The number of fused-ring (bicyclic) bond motifs is 1. The van der Waals surface area contributed by atoms with Gasteiger partial charge in [0.1, 0.15) is 11.5 Å². The molecule has 2 aliphatic rings. The first kappa shape index (κ1) is 24.3. The summed E-state index contributed by atoms with van der Waals surface area (Å²) in [6.45, 7) is 2.71. The molecule has 0 saturated carbocycles. The van der Waals surface area contributed by atoms with Crippen LogP contribution in [0.25, 0.3) is 11.6 Å². The van der Waals surface area contributed by atoms with Crippen LogP contribution in [0.1, 0.15) is 29.5 Å². The second-order valence-corrected chi connectivity index (χ2v) is 7.11. The Morgan fingerprint density at radius 3 is 2.52 bits per heavy atom. The lowest BCUT2D eigenvalue weighted by Gasteiger charge is -2.29. The van der Waals surface area contributed by atoms with Crippen molar-refractivity contribution in [3.63, 3.8) is 0 Å². The van der Waals surface area contributed by atoms with Gasteiger partial charge < -0.3 is 24.6 Å². The number of hydrogen-bond acceptors (Lipinski definition) is 6. The molecule has 1 atom stereocenters. The third-order valence-corrected chi connectivity index (χ3v) is 5.01. The molecule has 0 bridgehead atoms. The predicted molar refractivity (Wildman–Crippen MR) is 123 cm³/mol. The van der Waals surface area contributed by atoms with Crippen LogP contribution in [0.2, 0.25) is 0 Å². The lowest BCUT2D eigenvalue weighted by molar-refractivity contribution is 0.0835. The van der Waals surface area contributed by atoms with Crippen molar-refractivity contribution in [2.45, 2.75) is 25.8 Å². The van der Waals surface area contributed by atoms with Gasteiger partial charge in [-0.1, -0.05) is 48.0 Å². The number of aryl methyl sites for hydroxylation is 1. The van der Waals surface area contributed by atoms with E-state index in [4.69, 9.17) is 9.47 Å². The molecule has 0 fully saturated rings. The van der Waals surface area contributed by atoms with Gasteiger partial charge >= 0.3 is 6.16 Å². The van der Waals surface area contributed by atoms with Crippen molar-refractivity contribution < 1.29 is 24.1 Å². The minimum atomic E-state index is -0.829. The van der Waals surface area contributed by atoms with Gasteiger partial charge in [0.05, 0.1) is 20.3 Å². The molecular weight excluding hydrogens is 418 g/mol. The molecular formula is C24H28ClNO5. The number of methoxy groups -OCH3 is 2. The zero-order chi connectivity index (χ0) is 21.5. The van der Waals surface area contributed by atoms with Gasteiger partial charge in [0.25, 0.3) is 0 Å². The zero-order valence-electron chi connectivity index (χ0n) is 17.9. The number of rotatable bonds is 4. The summed E-state index contributed by atoms with van der Waals surface area (Å²) < 4.78 is 14.9. The summed E-state index contributed by atoms with van der Waals surface area (Å²) in [6, 6.07) is 15.9. The highest BCUT2D eigenvalue weighted by atomic mass is 35.5. The standard InChI is InChI=1S/C17H19NO5.C7H8.ClH/c1-21-12-4-3-10-7-11(13(10)9-12)8-14-16(23-17(20)22-2)15(19)5-6-18-14;1-7-5-3-2-4-6-7;/h3-4,7,9,14,18-19H,5-6,8H2,1-2H3;2-6H,1H3;1H. The molecule has 1 aliphatic carbocycles. The normalized spacial score (nSPS) is 16.4. The van der Waals surface area contributed by atoms with Crippen LogP contribution in [0.3, 0.4) is 0 Å². The van der Waals surface area contributed by atoms with Gasteiger partial charge in [0.2, 0.25) is 0 Å². The van der Waals surface area contributed by atoms with E-state index in [2.05, 4.69) is 35.2 Å². The molecule has 4 rings (SSSR count). The summed E-state index contributed by atoms with van der Waals surface area (Å²) in [4.78, 5) is 11.4. The molecule has 0 amide bonds. The van der Waals surface area contributed by atoms with E-state index in [1.807, 2.05) is 36.4 Å². The Morgan fingerprint density at radius 2 is 1.90 bits per heavy atom.